The van der Waals surface area contributed by atoms with Gasteiger partial charge in [-0.1, -0.05) is 0 Å². The van der Waals surface area contributed by atoms with Gasteiger partial charge in [0.1, 0.15) is 0 Å². The lowest BCUT2D eigenvalue weighted by atomic mass is 10.1. The number of rotatable bonds is 4. The second-order valence-electron chi connectivity index (χ2n) is 7.12. The standard InChI is InChI=1S/C21H16F2N6/c1-12-10-29(11-28-12)18-6-13(5-17(22)19(18)23)15-7-16(15)14-8-26-21(27-9-14)20-24-3-2-4-25-20/h2-6,8-11,15-16H,7H2,1H3/t15-,16-/m0/s1. The first-order valence-electron chi connectivity index (χ1n) is 9.19. The van der Waals surface area contributed by atoms with Gasteiger partial charge in [-0.2, -0.15) is 0 Å². The van der Waals surface area contributed by atoms with Crippen molar-refractivity contribution in [2.24, 2.45) is 0 Å². The van der Waals surface area contributed by atoms with Crippen LogP contribution in [0.2, 0.25) is 0 Å². The molecule has 3 aromatic heterocycles. The van der Waals surface area contributed by atoms with Crippen LogP contribution in [0.1, 0.15) is 35.1 Å². The number of benzene rings is 1. The van der Waals surface area contributed by atoms with Gasteiger partial charge in [0.2, 0.25) is 0 Å². The lowest BCUT2D eigenvalue weighted by Gasteiger charge is -2.09. The Bertz CT molecular complexity index is 1170. The molecule has 0 bridgehead atoms. The fourth-order valence-corrected chi connectivity index (χ4v) is 3.54. The minimum absolute atomic E-state index is 0.0934. The third-order valence-electron chi connectivity index (χ3n) is 5.11. The number of aryl methyl sites for hydroxylation is 1. The molecule has 4 aromatic rings. The van der Waals surface area contributed by atoms with Crippen molar-refractivity contribution in [3.05, 3.63) is 84.0 Å². The first-order chi connectivity index (χ1) is 14.1. The number of aromatic nitrogens is 6. The number of hydrogen-bond donors (Lipinski definition) is 0. The number of hydrogen-bond acceptors (Lipinski definition) is 5. The molecular formula is C21H16F2N6. The van der Waals surface area contributed by atoms with Gasteiger partial charge in [0.15, 0.2) is 23.3 Å². The predicted molar refractivity (Wildman–Crippen MR) is 101 cm³/mol. The lowest BCUT2D eigenvalue weighted by molar-refractivity contribution is 0.502. The van der Waals surface area contributed by atoms with Crippen molar-refractivity contribution in [2.75, 3.05) is 0 Å². The molecule has 29 heavy (non-hydrogen) atoms. The average Bonchev–Trinajstić information content (AvgIpc) is 3.44. The molecule has 144 valence electrons. The van der Waals surface area contributed by atoms with Crippen molar-refractivity contribution in [3.63, 3.8) is 0 Å². The Kier molecular flexibility index (Phi) is 4.12. The summed E-state index contributed by atoms with van der Waals surface area (Å²) in [5, 5.41) is 0. The number of nitrogens with zero attached hydrogens (tertiary/aromatic N) is 6. The van der Waals surface area contributed by atoms with Crippen LogP contribution in [-0.2, 0) is 0 Å². The van der Waals surface area contributed by atoms with Crippen molar-refractivity contribution in [1.29, 1.82) is 0 Å². The maximum absolute atomic E-state index is 14.3. The molecule has 0 N–H and O–H groups in total. The smallest absolute Gasteiger partial charge is 0.197 e. The van der Waals surface area contributed by atoms with E-state index in [4.69, 9.17) is 0 Å². The SMILES string of the molecule is Cc1cn(-c2cc([C@@H]3C[C@H]3c3cnc(-c4ncccn4)nc3)cc(F)c2F)cn1. The third-order valence-corrected chi connectivity index (χ3v) is 5.11. The predicted octanol–water partition coefficient (Wildman–Crippen LogP) is 3.98. The Morgan fingerprint density at radius 3 is 2.28 bits per heavy atom. The topological polar surface area (TPSA) is 69.4 Å². The third kappa shape index (κ3) is 3.26. The van der Waals surface area contributed by atoms with Crippen LogP contribution in [0.5, 0.6) is 0 Å². The zero-order chi connectivity index (χ0) is 20.0. The molecule has 8 heteroatoms. The summed E-state index contributed by atoms with van der Waals surface area (Å²) >= 11 is 0. The molecular weight excluding hydrogens is 374 g/mol. The zero-order valence-electron chi connectivity index (χ0n) is 15.5. The molecule has 1 fully saturated rings. The Balaban J connectivity index is 1.41. The summed E-state index contributed by atoms with van der Waals surface area (Å²) in [6.07, 6.45) is 10.8. The van der Waals surface area contributed by atoms with E-state index >= 15 is 0 Å². The summed E-state index contributed by atoms with van der Waals surface area (Å²) in [5.41, 5.74) is 2.61. The first-order valence-corrected chi connectivity index (χ1v) is 9.19. The van der Waals surface area contributed by atoms with Gasteiger partial charge < -0.3 is 4.57 Å². The van der Waals surface area contributed by atoms with E-state index in [9.17, 15) is 8.78 Å². The molecule has 0 amide bonds. The van der Waals surface area contributed by atoms with E-state index in [1.165, 1.54) is 17.0 Å². The molecule has 3 heterocycles. The van der Waals surface area contributed by atoms with Crippen molar-refractivity contribution in [2.45, 2.75) is 25.2 Å². The van der Waals surface area contributed by atoms with E-state index in [1.807, 2.05) is 0 Å². The van der Waals surface area contributed by atoms with Crippen LogP contribution in [0.3, 0.4) is 0 Å². The number of imidazole rings is 1. The molecule has 6 nitrogen and oxygen atoms in total. The largest absolute Gasteiger partial charge is 0.303 e. The summed E-state index contributed by atoms with van der Waals surface area (Å²) < 4.78 is 30.1. The second kappa shape index (κ2) is 6.80. The van der Waals surface area contributed by atoms with E-state index < -0.39 is 11.6 Å². The molecule has 1 aliphatic carbocycles. The van der Waals surface area contributed by atoms with Crippen molar-refractivity contribution >= 4 is 0 Å². The minimum atomic E-state index is -0.876. The molecule has 5 rings (SSSR count). The highest BCUT2D eigenvalue weighted by Crippen LogP contribution is 2.54. The molecule has 2 atom stereocenters. The molecule has 0 spiro atoms. The molecule has 1 saturated carbocycles. The number of halogens is 2. The van der Waals surface area contributed by atoms with Gasteiger partial charge in [-0.3, -0.25) is 0 Å². The van der Waals surface area contributed by atoms with Crippen LogP contribution < -0.4 is 0 Å². The monoisotopic (exact) mass is 390 g/mol. The van der Waals surface area contributed by atoms with Gasteiger partial charge in [0.05, 0.1) is 17.7 Å². The quantitative estimate of drug-likeness (QED) is 0.527. The van der Waals surface area contributed by atoms with E-state index in [-0.39, 0.29) is 17.5 Å². The van der Waals surface area contributed by atoms with Gasteiger partial charge in [0, 0.05) is 31.0 Å². The Morgan fingerprint density at radius 2 is 1.59 bits per heavy atom. The zero-order valence-corrected chi connectivity index (χ0v) is 15.5. The summed E-state index contributed by atoms with van der Waals surface area (Å²) in [7, 11) is 0. The average molecular weight is 390 g/mol. The first kappa shape index (κ1) is 17.5. The molecule has 0 saturated heterocycles. The van der Waals surface area contributed by atoms with Gasteiger partial charge in [-0.15, -0.1) is 0 Å². The van der Waals surface area contributed by atoms with Crippen LogP contribution in [0.4, 0.5) is 8.78 Å². The Labute approximate surface area is 165 Å². The van der Waals surface area contributed by atoms with Gasteiger partial charge in [-0.05, 0) is 54.5 Å². The maximum atomic E-state index is 14.3. The minimum Gasteiger partial charge on any atom is -0.303 e. The summed E-state index contributed by atoms with van der Waals surface area (Å²) in [6, 6.07) is 4.70. The van der Waals surface area contributed by atoms with Crippen LogP contribution >= 0.6 is 0 Å². The summed E-state index contributed by atoms with van der Waals surface area (Å²) in [5.74, 6) is -0.551. The Hall–Kier alpha value is -3.55. The van der Waals surface area contributed by atoms with E-state index in [0.717, 1.165) is 23.2 Å². The molecule has 0 radical (unpaired) electrons. The normalized spacial score (nSPS) is 18.0. The summed E-state index contributed by atoms with van der Waals surface area (Å²) in [6.45, 7) is 1.80. The van der Waals surface area contributed by atoms with E-state index in [0.29, 0.717) is 11.6 Å². The van der Waals surface area contributed by atoms with Crippen LogP contribution in [0.15, 0.2) is 55.5 Å². The molecule has 1 aromatic carbocycles. The lowest BCUT2D eigenvalue weighted by Crippen LogP contribution is -2.00. The van der Waals surface area contributed by atoms with Crippen LogP contribution in [0, 0.1) is 18.6 Å². The second-order valence-corrected chi connectivity index (χ2v) is 7.12. The van der Waals surface area contributed by atoms with E-state index in [1.54, 1.807) is 50.0 Å². The fourth-order valence-electron chi connectivity index (χ4n) is 3.54. The van der Waals surface area contributed by atoms with Crippen molar-refractivity contribution in [1.82, 2.24) is 29.5 Å². The van der Waals surface area contributed by atoms with Crippen LogP contribution in [-0.4, -0.2) is 29.5 Å². The molecule has 0 aliphatic heterocycles. The van der Waals surface area contributed by atoms with Gasteiger partial charge >= 0.3 is 0 Å². The molecule has 1 aliphatic rings. The Morgan fingerprint density at radius 1 is 0.897 bits per heavy atom. The fraction of sp³-hybridized carbons (Fsp3) is 0.190. The van der Waals surface area contributed by atoms with Crippen molar-refractivity contribution in [3.8, 4) is 17.3 Å². The molecule has 0 unspecified atom stereocenters. The van der Waals surface area contributed by atoms with Gasteiger partial charge in [0.25, 0.3) is 0 Å². The van der Waals surface area contributed by atoms with Crippen LogP contribution in [0.25, 0.3) is 17.3 Å². The van der Waals surface area contributed by atoms with Crippen molar-refractivity contribution < 1.29 is 8.78 Å². The highest BCUT2D eigenvalue weighted by atomic mass is 19.2. The highest BCUT2D eigenvalue weighted by Gasteiger charge is 2.40. The highest BCUT2D eigenvalue weighted by molar-refractivity contribution is 5.46. The maximum Gasteiger partial charge on any atom is 0.197 e. The van der Waals surface area contributed by atoms with Gasteiger partial charge in [-0.25, -0.2) is 33.7 Å². The van der Waals surface area contributed by atoms with E-state index in [2.05, 4.69) is 24.9 Å². The summed E-state index contributed by atoms with van der Waals surface area (Å²) in [4.78, 5) is 21.1.